The summed E-state index contributed by atoms with van der Waals surface area (Å²) in [5.41, 5.74) is 1.06. The lowest BCUT2D eigenvalue weighted by atomic mass is 10.2. The lowest BCUT2D eigenvalue weighted by molar-refractivity contribution is 0.383. The molecule has 0 bridgehead atoms. The van der Waals surface area contributed by atoms with E-state index in [-0.39, 0.29) is 4.90 Å². The first-order valence-electron chi connectivity index (χ1n) is 8.38. The van der Waals surface area contributed by atoms with Crippen molar-refractivity contribution in [2.24, 2.45) is 0 Å². The summed E-state index contributed by atoms with van der Waals surface area (Å²) in [6.07, 6.45) is 2.40. The molecule has 0 N–H and O–H groups in total. The van der Waals surface area contributed by atoms with E-state index in [0.29, 0.717) is 37.1 Å². The lowest BCUT2D eigenvalue weighted by Crippen LogP contribution is -2.49. The van der Waals surface area contributed by atoms with Crippen LogP contribution in [-0.4, -0.2) is 49.1 Å². The normalized spacial score (nSPS) is 19.2. The minimum Gasteiger partial charge on any atom is -0.352 e. The number of rotatable bonds is 4. The van der Waals surface area contributed by atoms with Gasteiger partial charge in [-0.1, -0.05) is 17.7 Å². The van der Waals surface area contributed by atoms with Gasteiger partial charge in [0.1, 0.15) is 0 Å². The SMILES string of the molecule is O=S(=O)(c1cccc(Cl)c1)N1CCN(c2ccc(C3CC3)nn2)CC1. The molecule has 1 aromatic heterocycles. The first kappa shape index (κ1) is 16.8. The monoisotopic (exact) mass is 378 g/mol. The number of piperazine rings is 1. The second kappa shape index (κ2) is 6.55. The molecule has 1 saturated heterocycles. The molecule has 0 unspecified atom stereocenters. The standard InChI is InChI=1S/C17H19ClN4O2S/c18-14-2-1-3-15(12-14)25(23,24)22-10-8-21(9-11-22)17-7-6-16(19-20-17)13-4-5-13/h1-3,6-7,12-13H,4-5,8-11H2. The summed E-state index contributed by atoms with van der Waals surface area (Å²) in [6.45, 7) is 2.02. The van der Waals surface area contributed by atoms with Crippen LogP contribution in [0.5, 0.6) is 0 Å². The van der Waals surface area contributed by atoms with Crippen molar-refractivity contribution in [1.29, 1.82) is 0 Å². The smallest absolute Gasteiger partial charge is 0.243 e. The van der Waals surface area contributed by atoms with Crippen LogP contribution in [0.4, 0.5) is 5.82 Å². The molecule has 0 atom stereocenters. The van der Waals surface area contributed by atoms with Crippen LogP contribution in [0, 0.1) is 0 Å². The summed E-state index contributed by atoms with van der Waals surface area (Å²) in [6, 6.07) is 10.4. The van der Waals surface area contributed by atoms with Gasteiger partial charge in [0.25, 0.3) is 0 Å². The van der Waals surface area contributed by atoms with E-state index in [2.05, 4.69) is 15.1 Å². The number of benzene rings is 1. The molecule has 1 aromatic carbocycles. The predicted molar refractivity (Wildman–Crippen MR) is 96.4 cm³/mol. The molecule has 2 aliphatic rings. The Bertz CT molecular complexity index is 860. The number of halogens is 1. The predicted octanol–water partition coefficient (Wildman–Crippen LogP) is 2.52. The first-order chi connectivity index (χ1) is 12.0. The van der Waals surface area contributed by atoms with Crippen LogP contribution in [0.15, 0.2) is 41.3 Å². The molecule has 25 heavy (non-hydrogen) atoms. The Labute approximate surface area is 152 Å². The van der Waals surface area contributed by atoms with Crippen LogP contribution in [0.1, 0.15) is 24.5 Å². The van der Waals surface area contributed by atoms with Gasteiger partial charge in [0, 0.05) is 37.1 Å². The fourth-order valence-electron chi connectivity index (χ4n) is 3.04. The third-order valence-electron chi connectivity index (χ3n) is 4.66. The maximum atomic E-state index is 12.7. The highest BCUT2D eigenvalue weighted by atomic mass is 35.5. The zero-order valence-electron chi connectivity index (χ0n) is 13.7. The van der Waals surface area contributed by atoms with Crippen molar-refractivity contribution >= 4 is 27.4 Å². The second-order valence-electron chi connectivity index (χ2n) is 6.44. The molecule has 4 rings (SSSR count). The van der Waals surface area contributed by atoms with Crippen LogP contribution in [0.25, 0.3) is 0 Å². The maximum Gasteiger partial charge on any atom is 0.243 e. The number of anilines is 1. The van der Waals surface area contributed by atoms with Crippen molar-refractivity contribution in [3.8, 4) is 0 Å². The molecule has 2 heterocycles. The molecule has 0 spiro atoms. The average Bonchev–Trinajstić information content (AvgIpc) is 3.47. The molecule has 6 nitrogen and oxygen atoms in total. The molecule has 1 aliphatic heterocycles. The van der Waals surface area contributed by atoms with Crippen molar-refractivity contribution < 1.29 is 8.42 Å². The van der Waals surface area contributed by atoms with E-state index in [1.165, 1.54) is 23.2 Å². The molecule has 0 amide bonds. The van der Waals surface area contributed by atoms with Gasteiger partial charge in [-0.2, -0.15) is 9.40 Å². The Kier molecular flexibility index (Phi) is 4.39. The molecule has 8 heteroatoms. The number of hydrogen-bond donors (Lipinski definition) is 0. The van der Waals surface area contributed by atoms with Gasteiger partial charge in [-0.15, -0.1) is 5.10 Å². The second-order valence-corrected chi connectivity index (χ2v) is 8.81. The van der Waals surface area contributed by atoms with Gasteiger partial charge in [0.15, 0.2) is 5.82 Å². The van der Waals surface area contributed by atoms with Crippen molar-refractivity contribution in [3.05, 3.63) is 47.1 Å². The zero-order valence-corrected chi connectivity index (χ0v) is 15.2. The molecule has 1 aliphatic carbocycles. The quantitative estimate of drug-likeness (QED) is 0.817. The van der Waals surface area contributed by atoms with Crippen molar-refractivity contribution in [2.75, 3.05) is 31.1 Å². The average molecular weight is 379 g/mol. The Hall–Kier alpha value is -1.70. The number of sulfonamides is 1. The van der Waals surface area contributed by atoms with E-state index in [0.717, 1.165) is 11.5 Å². The van der Waals surface area contributed by atoms with E-state index in [1.807, 2.05) is 12.1 Å². The third-order valence-corrected chi connectivity index (χ3v) is 6.79. The van der Waals surface area contributed by atoms with E-state index in [9.17, 15) is 8.42 Å². The Morgan fingerprint density at radius 2 is 1.76 bits per heavy atom. The topological polar surface area (TPSA) is 66.4 Å². The Morgan fingerprint density at radius 1 is 1.00 bits per heavy atom. The summed E-state index contributed by atoms with van der Waals surface area (Å²) in [7, 11) is -3.51. The summed E-state index contributed by atoms with van der Waals surface area (Å²) >= 11 is 5.93. The van der Waals surface area contributed by atoms with Crippen molar-refractivity contribution in [3.63, 3.8) is 0 Å². The summed E-state index contributed by atoms with van der Waals surface area (Å²) in [5.74, 6) is 1.39. The van der Waals surface area contributed by atoms with Crippen molar-refractivity contribution in [1.82, 2.24) is 14.5 Å². The summed E-state index contributed by atoms with van der Waals surface area (Å²) in [4.78, 5) is 2.32. The fraction of sp³-hybridized carbons (Fsp3) is 0.412. The molecule has 1 saturated carbocycles. The lowest BCUT2D eigenvalue weighted by Gasteiger charge is -2.34. The highest BCUT2D eigenvalue weighted by Crippen LogP contribution is 2.38. The van der Waals surface area contributed by atoms with Gasteiger partial charge in [0.05, 0.1) is 10.6 Å². The maximum absolute atomic E-state index is 12.7. The van der Waals surface area contributed by atoms with E-state index in [4.69, 9.17) is 11.6 Å². The van der Waals surface area contributed by atoms with Crippen LogP contribution < -0.4 is 4.90 Å². The van der Waals surface area contributed by atoms with E-state index >= 15 is 0 Å². The zero-order chi connectivity index (χ0) is 17.4. The van der Waals surface area contributed by atoms with Gasteiger partial charge in [-0.3, -0.25) is 0 Å². The van der Waals surface area contributed by atoms with Crippen molar-refractivity contribution in [2.45, 2.75) is 23.7 Å². The molecular weight excluding hydrogens is 360 g/mol. The van der Waals surface area contributed by atoms with Gasteiger partial charge in [0.2, 0.25) is 10.0 Å². The number of nitrogens with zero attached hydrogens (tertiary/aromatic N) is 4. The summed E-state index contributed by atoms with van der Waals surface area (Å²) in [5, 5.41) is 9.04. The van der Waals surface area contributed by atoms with Gasteiger partial charge < -0.3 is 4.90 Å². The number of aromatic nitrogens is 2. The van der Waals surface area contributed by atoms with Gasteiger partial charge in [-0.25, -0.2) is 8.42 Å². The van der Waals surface area contributed by atoms with E-state index in [1.54, 1.807) is 18.2 Å². The summed E-state index contributed by atoms with van der Waals surface area (Å²) < 4.78 is 27.0. The third kappa shape index (κ3) is 3.49. The Balaban J connectivity index is 1.43. The van der Waals surface area contributed by atoms with Crippen LogP contribution >= 0.6 is 11.6 Å². The first-order valence-corrected chi connectivity index (χ1v) is 10.2. The number of hydrogen-bond acceptors (Lipinski definition) is 5. The molecule has 2 aromatic rings. The van der Waals surface area contributed by atoms with Gasteiger partial charge in [-0.05, 0) is 43.2 Å². The van der Waals surface area contributed by atoms with Crippen LogP contribution in [-0.2, 0) is 10.0 Å². The molecule has 2 fully saturated rings. The highest BCUT2D eigenvalue weighted by molar-refractivity contribution is 7.89. The molecule has 0 radical (unpaired) electrons. The fourth-order valence-corrected chi connectivity index (χ4v) is 4.76. The Morgan fingerprint density at radius 3 is 2.36 bits per heavy atom. The van der Waals surface area contributed by atoms with Crippen LogP contribution in [0.3, 0.4) is 0 Å². The highest BCUT2D eigenvalue weighted by Gasteiger charge is 2.30. The van der Waals surface area contributed by atoms with Gasteiger partial charge >= 0.3 is 0 Å². The largest absolute Gasteiger partial charge is 0.352 e. The minimum absolute atomic E-state index is 0.238. The minimum atomic E-state index is -3.51. The molecule has 132 valence electrons. The molecular formula is C17H19ClN4O2S. The van der Waals surface area contributed by atoms with Crippen LogP contribution in [0.2, 0.25) is 5.02 Å². The van der Waals surface area contributed by atoms with E-state index < -0.39 is 10.0 Å².